The lowest BCUT2D eigenvalue weighted by Crippen LogP contribution is -2.33. The van der Waals surface area contributed by atoms with Crippen LogP contribution in [0.25, 0.3) is 0 Å². The van der Waals surface area contributed by atoms with Gasteiger partial charge in [0.15, 0.2) is 0 Å². The van der Waals surface area contributed by atoms with Crippen LogP contribution in [-0.2, 0) is 19.6 Å². The Morgan fingerprint density at radius 1 is 1.60 bits per heavy atom. The summed E-state index contributed by atoms with van der Waals surface area (Å²) in [7, 11) is -4.61. The second-order valence-electron chi connectivity index (χ2n) is 1.82. The van der Waals surface area contributed by atoms with Crippen molar-refractivity contribution in [3.05, 3.63) is 0 Å². The van der Waals surface area contributed by atoms with Crippen molar-refractivity contribution in [3.63, 3.8) is 0 Å². The van der Waals surface area contributed by atoms with Gasteiger partial charge in [0, 0.05) is 0 Å². The van der Waals surface area contributed by atoms with Crippen LogP contribution in [-0.4, -0.2) is 35.6 Å². The summed E-state index contributed by atoms with van der Waals surface area (Å²) in [5, 5.41) is 8.18. The first kappa shape index (κ1) is 7.45. The molecule has 0 radical (unpaired) electrons. The maximum Gasteiger partial charge on any atom is 0.357 e. The molecule has 1 atom stereocenters. The second kappa shape index (κ2) is 1.68. The molecular formula is C3H4O6S. The summed E-state index contributed by atoms with van der Waals surface area (Å²) in [5.74, 6) is -1.69. The Kier molecular flexibility index (Phi) is 1.25. The van der Waals surface area contributed by atoms with E-state index in [0.29, 0.717) is 0 Å². The molecule has 0 bridgehead atoms. The molecule has 0 aromatic carbocycles. The zero-order valence-corrected chi connectivity index (χ0v) is 5.46. The third kappa shape index (κ3) is 0.789. The van der Waals surface area contributed by atoms with Gasteiger partial charge in [-0.05, 0) is 0 Å². The van der Waals surface area contributed by atoms with Crippen molar-refractivity contribution >= 4 is 16.1 Å². The minimum atomic E-state index is -4.61. The standard InChI is InChI=1S/C3H4O6S/c4-2(5)3(1-9-3)10(6,7)8/h1H2,(H,4,5)(H,6,7,8). The summed E-state index contributed by atoms with van der Waals surface area (Å²) >= 11 is 0. The van der Waals surface area contributed by atoms with Crippen LogP contribution < -0.4 is 0 Å². The highest BCUT2D eigenvalue weighted by atomic mass is 32.2. The number of hydrogen-bond acceptors (Lipinski definition) is 4. The van der Waals surface area contributed by atoms with Gasteiger partial charge in [-0.2, -0.15) is 8.42 Å². The molecule has 1 rings (SSSR count). The third-order valence-corrected chi connectivity index (χ3v) is 2.39. The summed E-state index contributed by atoms with van der Waals surface area (Å²) in [6.07, 6.45) is 0. The summed E-state index contributed by atoms with van der Waals surface area (Å²) in [6, 6.07) is 0. The topological polar surface area (TPSA) is 104 Å². The average Bonchev–Trinajstić information content (AvgIpc) is 2.36. The van der Waals surface area contributed by atoms with Gasteiger partial charge in [-0.3, -0.25) is 4.55 Å². The summed E-state index contributed by atoms with van der Waals surface area (Å²) < 4.78 is 32.7. The van der Waals surface area contributed by atoms with E-state index in [4.69, 9.17) is 9.66 Å². The Morgan fingerprint density at radius 2 is 2.00 bits per heavy atom. The van der Waals surface area contributed by atoms with Crippen LogP contribution in [0.5, 0.6) is 0 Å². The fourth-order valence-electron chi connectivity index (χ4n) is 0.448. The Morgan fingerprint density at radius 3 is 2.00 bits per heavy atom. The summed E-state index contributed by atoms with van der Waals surface area (Å²) in [6.45, 7) is -0.485. The number of carboxylic acids is 1. The third-order valence-electron chi connectivity index (χ3n) is 1.15. The van der Waals surface area contributed by atoms with Crippen molar-refractivity contribution in [1.29, 1.82) is 0 Å². The van der Waals surface area contributed by atoms with Gasteiger partial charge in [-0.1, -0.05) is 0 Å². The molecule has 1 unspecified atom stereocenters. The normalized spacial score (nSPS) is 31.7. The molecule has 1 heterocycles. The number of ether oxygens (including phenoxy) is 1. The van der Waals surface area contributed by atoms with Crippen LogP contribution in [0.3, 0.4) is 0 Å². The molecule has 1 saturated heterocycles. The van der Waals surface area contributed by atoms with Crippen LogP contribution in [0.2, 0.25) is 0 Å². The van der Waals surface area contributed by atoms with Gasteiger partial charge in [0.05, 0.1) is 0 Å². The molecule has 1 fully saturated rings. The number of rotatable bonds is 2. The number of carboxylic acid groups (broad SMARTS) is 1. The number of epoxide rings is 1. The van der Waals surface area contributed by atoms with Gasteiger partial charge in [0.1, 0.15) is 6.61 Å². The predicted octanol–water partition coefficient (Wildman–Crippen LogP) is -1.31. The maximum atomic E-state index is 10.2. The van der Waals surface area contributed by atoms with Crippen molar-refractivity contribution in [1.82, 2.24) is 0 Å². The lowest BCUT2D eigenvalue weighted by Gasteiger charge is -1.98. The molecule has 6 nitrogen and oxygen atoms in total. The van der Waals surface area contributed by atoms with Gasteiger partial charge < -0.3 is 9.84 Å². The first-order valence-electron chi connectivity index (χ1n) is 2.24. The van der Waals surface area contributed by atoms with E-state index in [2.05, 4.69) is 4.74 Å². The molecule has 0 aromatic heterocycles. The van der Waals surface area contributed by atoms with E-state index in [1.54, 1.807) is 0 Å². The molecule has 1 aliphatic rings. The van der Waals surface area contributed by atoms with E-state index in [9.17, 15) is 13.2 Å². The SMILES string of the molecule is O=C(O)C1(S(=O)(=O)O)CO1. The van der Waals surface area contributed by atoms with E-state index in [1.165, 1.54) is 0 Å². The minimum absolute atomic E-state index is 0.485. The highest BCUT2D eigenvalue weighted by Gasteiger charge is 2.64. The quantitative estimate of drug-likeness (QED) is 0.391. The molecule has 0 amide bonds. The van der Waals surface area contributed by atoms with Gasteiger partial charge in [-0.15, -0.1) is 0 Å². The van der Waals surface area contributed by atoms with Crippen LogP contribution >= 0.6 is 0 Å². The zero-order chi connectivity index (χ0) is 7.99. The molecule has 2 N–H and O–H groups in total. The predicted molar refractivity (Wildman–Crippen MR) is 27.9 cm³/mol. The van der Waals surface area contributed by atoms with Crippen molar-refractivity contribution in [2.75, 3.05) is 6.61 Å². The first-order chi connectivity index (χ1) is 4.40. The molecule has 7 heteroatoms. The van der Waals surface area contributed by atoms with Crippen LogP contribution in [0, 0.1) is 0 Å². The van der Waals surface area contributed by atoms with Crippen molar-refractivity contribution in [3.8, 4) is 0 Å². The Balaban J connectivity index is 3.02. The molecule has 0 aliphatic carbocycles. The molecule has 0 aromatic rings. The largest absolute Gasteiger partial charge is 0.478 e. The molecule has 58 valence electrons. The number of aliphatic carboxylic acids is 1. The van der Waals surface area contributed by atoms with Gasteiger partial charge in [0.25, 0.3) is 0 Å². The first-order valence-corrected chi connectivity index (χ1v) is 3.68. The van der Waals surface area contributed by atoms with Gasteiger partial charge >= 0.3 is 21.0 Å². The van der Waals surface area contributed by atoms with Gasteiger partial charge in [0.2, 0.25) is 0 Å². The monoisotopic (exact) mass is 168 g/mol. The molecular weight excluding hydrogens is 164 g/mol. The maximum absolute atomic E-state index is 10.2. The highest BCUT2D eigenvalue weighted by molar-refractivity contribution is 7.88. The van der Waals surface area contributed by atoms with Crippen molar-refractivity contribution < 1.29 is 27.6 Å². The van der Waals surface area contributed by atoms with E-state index in [-0.39, 0.29) is 0 Å². The molecule has 0 spiro atoms. The molecule has 1 aliphatic heterocycles. The van der Waals surface area contributed by atoms with Crippen LogP contribution in [0.1, 0.15) is 0 Å². The van der Waals surface area contributed by atoms with Crippen LogP contribution in [0.15, 0.2) is 0 Å². The fraction of sp³-hybridized carbons (Fsp3) is 0.667. The van der Waals surface area contributed by atoms with E-state index in [0.717, 1.165) is 0 Å². The smallest absolute Gasteiger partial charge is 0.357 e. The highest BCUT2D eigenvalue weighted by Crippen LogP contribution is 2.32. The van der Waals surface area contributed by atoms with E-state index < -0.39 is 27.6 Å². The fourth-order valence-corrected chi connectivity index (χ4v) is 1.03. The van der Waals surface area contributed by atoms with Crippen molar-refractivity contribution in [2.24, 2.45) is 0 Å². The summed E-state index contributed by atoms with van der Waals surface area (Å²) in [5.41, 5.74) is 0. The minimum Gasteiger partial charge on any atom is -0.478 e. The van der Waals surface area contributed by atoms with Gasteiger partial charge in [-0.25, -0.2) is 4.79 Å². The van der Waals surface area contributed by atoms with Crippen LogP contribution in [0.4, 0.5) is 0 Å². The lowest BCUT2D eigenvalue weighted by molar-refractivity contribution is -0.140. The average molecular weight is 168 g/mol. The Labute approximate surface area is 56.2 Å². The molecule has 0 saturated carbocycles. The number of carbonyl (C=O) groups is 1. The molecule has 10 heavy (non-hydrogen) atoms. The Hall–Kier alpha value is -0.660. The second-order valence-corrected chi connectivity index (χ2v) is 3.43. The zero-order valence-electron chi connectivity index (χ0n) is 4.64. The van der Waals surface area contributed by atoms with E-state index >= 15 is 0 Å². The Bertz CT molecular complexity index is 259. The van der Waals surface area contributed by atoms with E-state index in [1.807, 2.05) is 0 Å². The summed E-state index contributed by atoms with van der Waals surface area (Å²) in [4.78, 5) is 7.70. The lowest BCUT2D eigenvalue weighted by atomic mass is 10.5. The van der Waals surface area contributed by atoms with Crippen molar-refractivity contribution in [2.45, 2.75) is 4.93 Å². The number of hydrogen-bond donors (Lipinski definition) is 2.